The average molecular weight is 359 g/mol. The molecule has 1 aromatic carbocycles. The summed E-state index contributed by atoms with van der Waals surface area (Å²) in [6, 6.07) is 3.36. The van der Waals surface area contributed by atoms with Gasteiger partial charge in [0, 0.05) is 11.3 Å². The molecule has 1 fully saturated rings. The van der Waals surface area contributed by atoms with Crippen LogP contribution in [0.15, 0.2) is 18.2 Å². The molecule has 0 radical (unpaired) electrons. The Labute approximate surface area is 140 Å². The third-order valence-corrected chi connectivity index (χ3v) is 5.84. The Morgan fingerprint density at radius 1 is 1.46 bits per heavy atom. The monoisotopic (exact) mass is 359 g/mol. The van der Waals surface area contributed by atoms with Gasteiger partial charge in [-0.2, -0.15) is 0 Å². The van der Waals surface area contributed by atoms with Crippen LogP contribution < -0.4 is 10.1 Å². The van der Waals surface area contributed by atoms with Crippen LogP contribution in [0.3, 0.4) is 0 Å². The van der Waals surface area contributed by atoms with Crippen molar-refractivity contribution in [1.29, 1.82) is 0 Å². The highest BCUT2D eigenvalue weighted by atomic mass is 32.2. The van der Waals surface area contributed by atoms with E-state index in [4.69, 9.17) is 4.74 Å². The van der Waals surface area contributed by atoms with Gasteiger partial charge in [0.1, 0.15) is 17.3 Å². The number of carbonyl (C=O) groups excluding carboxylic acids is 1. The van der Waals surface area contributed by atoms with E-state index in [-0.39, 0.29) is 11.7 Å². The van der Waals surface area contributed by atoms with Gasteiger partial charge in [0.05, 0.1) is 19.3 Å². The first-order chi connectivity index (χ1) is 11.3. The molecule has 1 atom stereocenters. The zero-order valence-electron chi connectivity index (χ0n) is 13.7. The molecule has 6 nitrogen and oxygen atoms in total. The van der Waals surface area contributed by atoms with Gasteiger partial charge in [-0.1, -0.05) is 6.92 Å². The van der Waals surface area contributed by atoms with Gasteiger partial charge in [0.25, 0.3) is 0 Å². The fraction of sp³-hybridized carbons (Fsp3) is 0.562. The molecular weight excluding hydrogens is 337 g/mol. The topological polar surface area (TPSA) is 92.7 Å². The largest absolute Gasteiger partial charge is 0.496 e. The van der Waals surface area contributed by atoms with Crippen molar-refractivity contribution in [2.45, 2.75) is 31.9 Å². The molecule has 0 aromatic heterocycles. The highest BCUT2D eigenvalue weighted by molar-refractivity contribution is 7.92. The van der Waals surface area contributed by atoms with Crippen molar-refractivity contribution >= 4 is 15.7 Å². The second kappa shape index (κ2) is 7.48. The van der Waals surface area contributed by atoms with E-state index in [1.165, 1.54) is 32.2 Å². The summed E-state index contributed by atoms with van der Waals surface area (Å²) < 4.78 is 42.1. The van der Waals surface area contributed by atoms with E-state index in [2.05, 4.69) is 5.32 Å². The van der Waals surface area contributed by atoms with Gasteiger partial charge in [-0.05, 0) is 37.0 Å². The summed E-state index contributed by atoms with van der Waals surface area (Å²) >= 11 is 0. The van der Waals surface area contributed by atoms with Gasteiger partial charge in [0.15, 0.2) is 9.84 Å². The molecule has 0 saturated heterocycles. The van der Waals surface area contributed by atoms with E-state index in [0.29, 0.717) is 24.2 Å². The Hall–Kier alpha value is -1.67. The first-order valence-electron chi connectivity index (χ1n) is 7.77. The average Bonchev–Trinajstić information content (AvgIpc) is 2.49. The van der Waals surface area contributed by atoms with Crippen LogP contribution in [0.2, 0.25) is 0 Å². The molecule has 1 aliphatic carbocycles. The van der Waals surface area contributed by atoms with Gasteiger partial charge >= 0.3 is 0 Å². The van der Waals surface area contributed by atoms with Crippen LogP contribution in [0, 0.1) is 11.7 Å². The standard InChI is InChI=1S/C16H22FNO5S/c1-3-24(21,22)9-15(20)18-16(10-6-12(19)7-10)13-8-11(17)4-5-14(13)23-2/h4-5,8,10,12,16,19H,3,6-7,9H2,1-2H3,(H,18,20)/t10?,12?,16-/m0/s1. The first-order valence-corrected chi connectivity index (χ1v) is 9.59. The Morgan fingerprint density at radius 2 is 2.12 bits per heavy atom. The summed E-state index contributed by atoms with van der Waals surface area (Å²) in [4.78, 5) is 12.1. The van der Waals surface area contributed by atoms with E-state index >= 15 is 0 Å². The van der Waals surface area contributed by atoms with Crippen molar-refractivity contribution in [3.05, 3.63) is 29.6 Å². The number of halogens is 1. The minimum Gasteiger partial charge on any atom is -0.496 e. The lowest BCUT2D eigenvalue weighted by atomic mass is 9.75. The van der Waals surface area contributed by atoms with E-state index in [1.54, 1.807) is 0 Å². The molecule has 0 unspecified atom stereocenters. The van der Waals surface area contributed by atoms with Crippen molar-refractivity contribution in [2.75, 3.05) is 18.6 Å². The number of aliphatic hydroxyl groups is 1. The second-order valence-electron chi connectivity index (χ2n) is 5.99. The van der Waals surface area contributed by atoms with Crippen LogP contribution in [0.1, 0.15) is 31.4 Å². The van der Waals surface area contributed by atoms with E-state index in [9.17, 15) is 22.7 Å². The summed E-state index contributed by atoms with van der Waals surface area (Å²) in [6.45, 7) is 1.47. The molecule has 8 heteroatoms. The minimum absolute atomic E-state index is 0.107. The van der Waals surface area contributed by atoms with Crippen LogP contribution in [0.5, 0.6) is 5.75 Å². The molecule has 0 aliphatic heterocycles. The molecule has 0 bridgehead atoms. The number of nitrogens with one attached hydrogen (secondary N) is 1. The number of sulfone groups is 1. The van der Waals surface area contributed by atoms with Crippen molar-refractivity contribution in [2.24, 2.45) is 5.92 Å². The summed E-state index contributed by atoms with van der Waals surface area (Å²) in [6.07, 6.45) is 0.435. The van der Waals surface area contributed by atoms with Gasteiger partial charge < -0.3 is 15.2 Å². The molecule has 2 N–H and O–H groups in total. The van der Waals surface area contributed by atoms with Gasteiger partial charge in [0.2, 0.25) is 5.91 Å². The quantitative estimate of drug-likeness (QED) is 0.763. The van der Waals surface area contributed by atoms with Crippen LogP contribution in [0.25, 0.3) is 0 Å². The Balaban J connectivity index is 2.26. The Morgan fingerprint density at radius 3 is 2.67 bits per heavy atom. The fourth-order valence-electron chi connectivity index (χ4n) is 2.82. The predicted molar refractivity (Wildman–Crippen MR) is 86.9 cm³/mol. The normalized spacial score (nSPS) is 21.7. The summed E-state index contributed by atoms with van der Waals surface area (Å²) in [7, 11) is -2.03. The van der Waals surface area contributed by atoms with E-state index in [0.717, 1.165) is 0 Å². The number of benzene rings is 1. The lowest BCUT2D eigenvalue weighted by Crippen LogP contribution is -2.43. The molecular formula is C16H22FNO5S. The van der Waals surface area contributed by atoms with Crippen molar-refractivity contribution in [3.63, 3.8) is 0 Å². The van der Waals surface area contributed by atoms with Crippen LogP contribution in [-0.4, -0.2) is 44.2 Å². The number of aliphatic hydroxyl groups excluding tert-OH is 1. The molecule has 24 heavy (non-hydrogen) atoms. The number of ether oxygens (including phenoxy) is 1. The Kier molecular flexibility index (Phi) is 5.82. The number of amides is 1. The third kappa shape index (κ3) is 4.45. The summed E-state index contributed by atoms with van der Waals surface area (Å²) in [5.74, 6) is -1.57. The van der Waals surface area contributed by atoms with Gasteiger partial charge in [-0.25, -0.2) is 12.8 Å². The lowest BCUT2D eigenvalue weighted by molar-refractivity contribution is -0.120. The molecule has 1 aliphatic rings. The zero-order chi connectivity index (χ0) is 17.9. The fourth-order valence-corrected chi connectivity index (χ4v) is 3.50. The van der Waals surface area contributed by atoms with Crippen molar-refractivity contribution in [1.82, 2.24) is 5.32 Å². The van der Waals surface area contributed by atoms with Gasteiger partial charge in [-0.15, -0.1) is 0 Å². The summed E-state index contributed by atoms with van der Waals surface area (Å²) in [5, 5.41) is 12.2. The lowest BCUT2D eigenvalue weighted by Gasteiger charge is -2.38. The van der Waals surface area contributed by atoms with E-state index in [1.807, 2.05) is 0 Å². The molecule has 0 spiro atoms. The smallest absolute Gasteiger partial charge is 0.235 e. The van der Waals surface area contributed by atoms with Crippen LogP contribution in [-0.2, 0) is 14.6 Å². The molecule has 1 amide bonds. The van der Waals surface area contributed by atoms with Gasteiger partial charge in [-0.3, -0.25) is 4.79 Å². The predicted octanol–water partition coefficient (Wildman–Crippen LogP) is 1.20. The maximum atomic E-state index is 13.7. The maximum Gasteiger partial charge on any atom is 0.235 e. The third-order valence-electron chi connectivity index (χ3n) is 4.26. The number of carbonyl (C=O) groups is 1. The zero-order valence-corrected chi connectivity index (χ0v) is 14.5. The van der Waals surface area contributed by atoms with E-state index < -0.39 is 39.5 Å². The van der Waals surface area contributed by atoms with Crippen LogP contribution in [0.4, 0.5) is 4.39 Å². The number of rotatable bonds is 7. The highest BCUT2D eigenvalue weighted by Gasteiger charge is 2.37. The van der Waals surface area contributed by atoms with Crippen molar-refractivity contribution < 1.29 is 27.4 Å². The molecule has 134 valence electrons. The SMILES string of the molecule is CCS(=O)(=O)CC(=O)N[C@H](c1cc(F)ccc1OC)C1CC(O)C1. The molecule has 2 rings (SSSR count). The minimum atomic E-state index is -3.46. The number of hydrogen-bond acceptors (Lipinski definition) is 5. The molecule has 0 heterocycles. The highest BCUT2D eigenvalue weighted by Crippen LogP contribution is 2.41. The number of methoxy groups -OCH3 is 1. The molecule has 1 aromatic rings. The van der Waals surface area contributed by atoms with Crippen LogP contribution >= 0.6 is 0 Å². The Bertz CT molecular complexity index is 700. The summed E-state index contributed by atoms with van der Waals surface area (Å²) in [5.41, 5.74) is 0.441. The molecule has 1 saturated carbocycles. The number of hydrogen-bond donors (Lipinski definition) is 2. The maximum absolute atomic E-state index is 13.7. The van der Waals surface area contributed by atoms with Crippen molar-refractivity contribution in [3.8, 4) is 5.75 Å². The first kappa shape index (κ1) is 18.7. The second-order valence-corrected chi connectivity index (χ2v) is 8.35.